The Morgan fingerprint density at radius 3 is 2.64 bits per heavy atom. The summed E-state index contributed by atoms with van der Waals surface area (Å²) in [6.45, 7) is 6.80. The third-order valence-corrected chi connectivity index (χ3v) is 4.26. The smallest absolute Gasteiger partial charge is 0.289 e. The van der Waals surface area contributed by atoms with E-state index in [1.54, 1.807) is 0 Å². The van der Waals surface area contributed by atoms with Crippen LogP contribution in [0.25, 0.3) is 11.0 Å². The Morgan fingerprint density at radius 1 is 1.14 bits per heavy atom. The van der Waals surface area contributed by atoms with E-state index in [0.717, 1.165) is 28.0 Å². The molecule has 0 aliphatic carbocycles. The minimum absolute atomic E-state index is 0.106. The number of benzene rings is 1. The molecular formula is C21H25N5O2. The van der Waals surface area contributed by atoms with Crippen molar-refractivity contribution < 1.29 is 9.53 Å². The zero-order chi connectivity index (χ0) is 20.3. The highest BCUT2D eigenvalue weighted by Gasteiger charge is 2.17. The molecule has 0 atom stereocenters. The van der Waals surface area contributed by atoms with E-state index in [1.807, 2.05) is 70.1 Å². The molecule has 7 heteroatoms. The minimum Gasteiger partial charge on any atom is -0.494 e. The molecule has 2 aromatic heterocycles. The Kier molecular flexibility index (Phi) is 5.73. The number of aryl methyl sites for hydroxylation is 2. The van der Waals surface area contributed by atoms with Gasteiger partial charge < -0.3 is 15.0 Å². The fourth-order valence-electron chi connectivity index (χ4n) is 3.05. The van der Waals surface area contributed by atoms with Crippen molar-refractivity contribution in [1.82, 2.24) is 20.3 Å². The highest BCUT2D eigenvalue weighted by atomic mass is 16.5. The van der Waals surface area contributed by atoms with Crippen molar-refractivity contribution in [2.24, 2.45) is 0 Å². The summed E-state index contributed by atoms with van der Waals surface area (Å²) in [6.07, 6.45) is 0. The lowest BCUT2D eigenvalue weighted by atomic mass is 10.1. The standard InChI is InChI=1S/C21H25N5O2/c1-6-28-16-9-7-8-15(11-16)12-22-21(27)19-24-18-17(20(25-19)26(4)5)13(2)10-14(3)23-18/h7-11H,6,12H2,1-5H3,(H,22,27). The van der Waals surface area contributed by atoms with Crippen LogP contribution in [0.5, 0.6) is 5.75 Å². The molecule has 0 radical (unpaired) electrons. The summed E-state index contributed by atoms with van der Waals surface area (Å²) in [4.78, 5) is 28.0. The van der Waals surface area contributed by atoms with Crippen LogP contribution in [0.15, 0.2) is 30.3 Å². The van der Waals surface area contributed by atoms with Crippen LogP contribution in [-0.4, -0.2) is 41.6 Å². The van der Waals surface area contributed by atoms with Crippen molar-refractivity contribution in [2.45, 2.75) is 27.3 Å². The zero-order valence-corrected chi connectivity index (χ0v) is 16.9. The van der Waals surface area contributed by atoms with Crippen molar-refractivity contribution in [3.63, 3.8) is 0 Å². The first kappa shape index (κ1) is 19.5. The number of rotatable bonds is 6. The Labute approximate surface area is 164 Å². The SMILES string of the molecule is CCOc1cccc(CNC(=O)c2nc(N(C)C)c3c(C)cc(C)nc3n2)c1. The molecule has 28 heavy (non-hydrogen) atoms. The number of anilines is 1. The molecular weight excluding hydrogens is 354 g/mol. The summed E-state index contributed by atoms with van der Waals surface area (Å²) in [5, 5.41) is 3.74. The van der Waals surface area contributed by atoms with E-state index in [2.05, 4.69) is 20.3 Å². The highest BCUT2D eigenvalue weighted by molar-refractivity contribution is 5.96. The molecule has 7 nitrogen and oxygen atoms in total. The zero-order valence-electron chi connectivity index (χ0n) is 16.9. The van der Waals surface area contributed by atoms with Crippen LogP contribution in [0.3, 0.4) is 0 Å². The Bertz CT molecular complexity index is 1020. The van der Waals surface area contributed by atoms with Crippen LogP contribution in [0.1, 0.15) is 34.4 Å². The van der Waals surface area contributed by atoms with E-state index < -0.39 is 0 Å². The molecule has 1 aromatic carbocycles. The fraction of sp³-hybridized carbons (Fsp3) is 0.333. The lowest BCUT2D eigenvalue weighted by Gasteiger charge is -2.16. The van der Waals surface area contributed by atoms with Gasteiger partial charge >= 0.3 is 0 Å². The van der Waals surface area contributed by atoms with Crippen molar-refractivity contribution in [3.05, 3.63) is 53.0 Å². The first-order valence-corrected chi connectivity index (χ1v) is 9.22. The van der Waals surface area contributed by atoms with Gasteiger partial charge in [0.05, 0.1) is 12.0 Å². The molecule has 0 fully saturated rings. The molecule has 0 saturated carbocycles. The first-order chi connectivity index (χ1) is 13.4. The second-order valence-electron chi connectivity index (χ2n) is 6.81. The number of aromatic nitrogens is 3. The Hall–Kier alpha value is -3.22. The van der Waals surface area contributed by atoms with Gasteiger partial charge in [0.1, 0.15) is 11.6 Å². The molecule has 0 unspecified atom stereocenters. The van der Waals surface area contributed by atoms with E-state index >= 15 is 0 Å². The van der Waals surface area contributed by atoms with E-state index in [1.165, 1.54) is 0 Å². The third-order valence-electron chi connectivity index (χ3n) is 4.26. The van der Waals surface area contributed by atoms with Gasteiger partial charge in [-0.2, -0.15) is 0 Å². The van der Waals surface area contributed by atoms with Gasteiger partial charge in [0.25, 0.3) is 5.91 Å². The number of carbonyl (C=O) groups excluding carboxylic acids is 1. The maximum atomic E-state index is 12.7. The van der Waals surface area contributed by atoms with Crippen LogP contribution in [0.4, 0.5) is 5.82 Å². The molecule has 3 aromatic rings. The molecule has 146 valence electrons. The average Bonchev–Trinajstić information content (AvgIpc) is 2.65. The summed E-state index contributed by atoms with van der Waals surface area (Å²) in [5.74, 6) is 1.22. The summed E-state index contributed by atoms with van der Waals surface area (Å²) in [6, 6.07) is 9.62. The van der Waals surface area contributed by atoms with E-state index in [4.69, 9.17) is 4.74 Å². The maximum Gasteiger partial charge on any atom is 0.289 e. The van der Waals surface area contributed by atoms with Gasteiger partial charge in [-0.25, -0.2) is 15.0 Å². The van der Waals surface area contributed by atoms with Crippen molar-refractivity contribution in [2.75, 3.05) is 25.6 Å². The van der Waals surface area contributed by atoms with Gasteiger partial charge in [-0.05, 0) is 50.1 Å². The van der Waals surface area contributed by atoms with Gasteiger partial charge in [0.2, 0.25) is 5.82 Å². The summed E-state index contributed by atoms with van der Waals surface area (Å²) < 4.78 is 5.50. The topological polar surface area (TPSA) is 80.2 Å². The number of pyridine rings is 1. The van der Waals surface area contributed by atoms with Gasteiger partial charge in [0, 0.05) is 26.3 Å². The second kappa shape index (κ2) is 8.21. The van der Waals surface area contributed by atoms with Crippen LogP contribution in [0, 0.1) is 13.8 Å². The Morgan fingerprint density at radius 2 is 1.93 bits per heavy atom. The van der Waals surface area contributed by atoms with Crippen LogP contribution >= 0.6 is 0 Å². The van der Waals surface area contributed by atoms with Gasteiger partial charge in [-0.1, -0.05) is 12.1 Å². The predicted molar refractivity (Wildman–Crippen MR) is 110 cm³/mol. The summed E-state index contributed by atoms with van der Waals surface area (Å²) >= 11 is 0. The monoisotopic (exact) mass is 379 g/mol. The molecule has 1 amide bonds. The molecule has 0 aliphatic heterocycles. The lowest BCUT2D eigenvalue weighted by Crippen LogP contribution is -2.26. The number of ether oxygens (including phenoxy) is 1. The molecule has 0 saturated heterocycles. The van der Waals surface area contributed by atoms with Crippen LogP contribution < -0.4 is 15.0 Å². The average molecular weight is 379 g/mol. The Balaban J connectivity index is 1.88. The summed E-state index contributed by atoms with van der Waals surface area (Å²) in [7, 11) is 3.78. The van der Waals surface area contributed by atoms with Crippen molar-refractivity contribution >= 4 is 22.8 Å². The number of carbonyl (C=O) groups is 1. The van der Waals surface area contributed by atoms with Crippen LogP contribution in [-0.2, 0) is 6.54 Å². The predicted octanol–water partition coefficient (Wildman–Crippen LogP) is 3.04. The molecule has 1 N–H and O–H groups in total. The lowest BCUT2D eigenvalue weighted by molar-refractivity contribution is 0.0941. The van der Waals surface area contributed by atoms with E-state index in [-0.39, 0.29) is 11.7 Å². The van der Waals surface area contributed by atoms with Gasteiger partial charge in [-0.15, -0.1) is 0 Å². The quantitative estimate of drug-likeness (QED) is 0.709. The number of amides is 1. The normalized spacial score (nSPS) is 10.8. The molecule has 0 aliphatic rings. The van der Waals surface area contributed by atoms with E-state index in [9.17, 15) is 4.79 Å². The van der Waals surface area contributed by atoms with Crippen molar-refractivity contribution in [3.8, 4) is 5.75 Å². The minimum atomic E-state index is -0.340. The number of hydrogen-bond acceptors (Lipinski definition) is 6. The number of nitrogens with one attached hydrogen (secondary N) is 1. The maximum absolute atomic E-state index is 12.7. The number of nitrogens with zero attached hydrogens (tertiary/aromatic N) is 4. The van der Waals surface area contributed by atoms with Gasteiger partial charge in [0.15, 0.2) is 5.65 Å². The molecule has 0 bridgehead atoms. The first-order valence-electron chi connectivity index (χ1n) is 9.22. The number of hydrogen-bond donors (Lipinski definition) is 1. The largest absolute Gasteiger partial charge is 0.494 e. The van der Waals surface area contributed by atoms with E-state index in [0.29, 0.717) is 24.6 Å². The van der Waals surface area contributed by atoms with Gasteiger partial charge in [-0.3, -0.25) is 4.79 Å². The third kappa shape index (κ3) is 4.19. The summed E-state index contributed by atoms with van der Waals surface area (Å²) in [5.41, 5.74) is 3.36. The number of fused-ring (bicyclic) bond motifs is 1. The molecule has 0 spiro atoms. The van der Waals surface area contributed by atoms with Crippen LogP contribution in [0.2, 0.25) is 0 Å². The second-order valence-corrected chi connectivity index (χ2v) is 6.81. The highest BCUT2D eigenvalue weighted by Crippen LogP contribution is 2.25. The fourth-order valence-corrected chi connectivity index (χ4v) is 3.05. The molecule has 2 heterocycles. The molecule has 3 rings (SSSR count). The van der Waals surface area contributed by atoms with Crippen molar-refractivity contribution in [1.29, 1.82) is 0 Å².